The Bertz CT molecular complexity index is 1610. The predicted molar refractivity (Wildman–Crippen MR) is 362 cm³/mol. The summed E-state index contributed by atoms with van der Waals surface area (Å²) in [6.45, 7) is 6.36. The minimum Gasteiger partial charge on any atom is -0.462 e. The number of rotatable bonds is 65. The topological polar surface area (TPSA) is 78.9 Å². The van der Waals surface area contributed by atoms with Crippen molar-refractivity contribution in [1.82, 2.24) is 0 Å². The maximum absolute atomic E-state index is 12.9. The number of esters is 3. The van der Waals surface area contributed by atoms with Crippen LogP contribution in [0, 0.1) is 0 Å². The number of hydrogen-bond acceptors (Lipinski definition) is 6. The summed E-state index contributed by atoms with van der Waals surface area (Å²) >= 11 is 0. The van der Waals surface area contributed by atoms with Crippen LogP contribution < -0.4 is 0 Å². The molecule has 0 rings (SSSR count). The van der Waals surface area contributed by atoms with E-state index in [2.05, 4.69) is 112 Å². The summed E-state index contributed by atoms with van der Waals surface area (Å²) in [6, 6.07) is 0. The molecule has 0 bridgehead atoms. The maximum atomic E-state index is 12.9. The summed E-state index contributed by atoms with van der Waals surface area (Å²) < 4.78 is 16.8. The van der Waals surface area contributed by atoms with Gasteiger partial charge in [-0.15, -0.1) is 0 Å². The Hall–Kier alpha value is -3.67. The molecule has 0 radical (unpaired) electrons. The van der Waals surface area contributed by atoms with Crippen LogP contribution in [0.1, 0.15) is 355 Å². The molecule has 0 aliphatic carbocycles. The number of carbonyl (C=O) groups excluding carboxylic acids is 3. The minimum atomic E-state index is -0.820. The van der Waals surface area contributed by atoms with Crippen molar-refractivity contribution in [3.63, 3.8) is 0 Å². The smallest absolute Gasteiger partial charge is 0.306 e. The minimum absolute atomic E-state index is 0.108. The first-order chi connectivity index (χ1) is 41.0. The first kappa shape index (κ1) is 79.3. The molecule has 1 atom stereocenters. The van der Waals surface area contributed by atoms with E-state index in [-0.39, 0.29) is 44.0 Å². The van der Waals surface area contributed by atoms with Crippen molar-refractivity contribution in [2.24, 2.45) is 0 Å². The van der Waals surface area contributed by atoms with Gasteiger partial charge in [-0.25, -0.2) is 0 Å². The van der Waals surface area contributed by atoms with E-state index in [9.17, 15) is 14.4 Å². The molecule has 0 heterocycles. The maximum Gasteiger partial charge on any atom is 0.306 e. The van der Waals surface area contributed by atoms with Crippen molar-refractivity contribution in [2.75, 3.05) is 13.2 Å². The predicted octanol–water partition coefficient (Wildman–Crippen LogP) is 24.8. The van der Waals surface area contributed by atoms with Crippen LogP contribution in [0.5, 0.6) is 0 Å². The number of carbonyl (C=O) groups is 3. The quantitative estimate of drug-likeness (QED) is 0.0261. The summed E-state index contributed by atoms with van der Waals surface area (Å²) in [6.07, 6.45) is 96.4. The van der Waals surface area contributed by atoms with Gasteiger partial charge in [0.15, 0.2) is 6.10 Å². The van der Waals surface area contributed by atoms with E-state index in [0.29, 0.717) is 12.8 Å². The highest BCUT2D eigenvalue weighted by Crippen LogP contribution is 2.18. The van der Waals surface area contributed by atoms with Crippen LogP contribution >= 0.6 is 0 Å². The number of ether oxygens (including phenoxy) is 3. The van der Waals surface area contributed by atoms with E-state index in [1.54, 1.807) is 0 Å². The lowest BCUT2D eigenvalue weighted by Crippen LogP contribution is -2.30. The normalized spacial score (nSPS) is 12.7. The summed E-state index contributed by atoms with van der Waals surface area (Å²) in [7, 11) is 0. The molecule has 6 heteroatoms. The second-order valence-electron chi connectivity index (χ2n) is 23.7. The van der Waals surface area contributed by atoms with E-state index >= 15 is 0 Å². The van der Waals surface area contributed by atoms with Gasteiger partial charge in [-0.05, 0) is 83.5 Å². The zero-order valence-corrected chi connectivity index (χ0v) is 54.9. The summed E-state index contributed by atoms with van der Waals surface area (Å²) in [5, 5.41) is 0. The van der Waals surface area contributed by atoms with E-state index in [0.717, 1.165) is 103 Å². The standard InChI is InChI=1S/C77H134O6/c1-4-7-10-13-16-19-22-25-27-29-30-31-32-33-34-35-36-37-38-39-40-41-42-43-44-45-46-48-49-52-55-58-61-64-67-70-76(79)82-73-74(72-81-75(78)69-66-63-60-57-54-51-24-21-18-15-12-9-6-3)83-77(80)71-68-65-62-59-56-53-50-47-28-26-23-20-17-14-11-8-5-2/h8-9,11-12,17-18,20-21,26,28,50-51,53-54,60,63,74H,4-7,10,13-16,19,22-25,27,29-49,52,55-59,61-62,64-73H2,1-3H3/b11-8-,12-9-,20-17-,21-18-,28-26-,53-50-,54-51-,63-60-. The third kappa shape index (κ3) is 69.0. The van der Waals surface area contributed by atoms with Crippen LogP contribution in [0.3, 0.4) is 0 Å². The first-order valence-corrected chi connectivity index (χ1v) is 35.7. The Morgan fingerprint density at radius 1 is 0.253 bits per heavy atom. The van der Waals surface area contributed by atoms with Gasteiger partial charge in [-0.2, -0.15) is 0 Å². The van der Waals surface area contributed by atoms with Crippen LogP contribution in [-0.2, 0) is 28.6 Å². The largest absolute Gasteiger partial charge is 0.462 e. The molecule has 478 valence electrons. The van der Waals surface area contributed by atoms with Crippen LogP contribution in [0.4, 0.5) is 0 Å². The Morgan fingerprint density at radius 2 is 0.494 bits per heavy atom. The molecule has 83 heavy (non-hydrogen) atoms. The van der Waals surface area contributed by atoms with Crippen molar-refractivity contribution in [2.45, 2.75) is 361 Å². The monoisotopic (exact) mass is 1160 g/mol. The number of unbranched alkanes of at least 4 members (excludes halogenated alkanes) is 38. The SMILES string of the molecule is CC/C=C\C/C=C\C/C=C\C/C=C\CCCCCCC(=O)OC(COC(=O)CC/C=C\C/C=C\C/C=C\C/C=C\CC)COC(=O)CCCCCCCCCCCCCCCCCCCCCCCCCCCCCCCCCCCCC. The van der Waals surface area contributed by atoms with Gasteiger partial charge in [0.05, 0.1) is 0 Å². The molecule has 0 aliphatic heterocycles. The molecule has 0 amide bonds. The Balaban J connectivity index is 4.13. The van der Waals surface area contributed by atoms with E-state index < -0.39 is 6.10 Å². The fourth-order valence-corrected chi connectivity index (χ4v) is 10.3. The van der Waals surface area contributed by atoms with Crippen molar-refractivity contribution >= 4 is 17.9 Å². The van der Waals surface area contributed by atoms with Crippen molar-refractivity contribution < 1.29 is 28.6 Å². The molecule has 0 N–H and O–H groups in total. The molecule has 0 aliphatic rings. The fraction of sp³-hybridized carbons (Fsp3) is 0.753. The number of allylic oxidation sites excluding steroid dienone is 16. The van der Waals surface area contributed by atoms with Gasteiger partial charge in [0.2, 0.25) is 0 Å². The molecule has 0 spiro atoms. The third-order valence-electron chi connectivity index (χ3n) is 15.6. The molecule has 0 saturated heterocycles. The van der Waals surface area contributed by atoms with Gasteiger partial charge < -0.3 is 14.2 Å². The molecule has 0 aromatic rings. The van der Waals surface area contributed by atoms with Crippen LogP contribution in [0.15, 0.2) is 97.2 Å². The summed E-state index contributed by atoms with van der Waals surface area (Å²) in [5.74, 6) is -1.01. The summed E-state index contributed by atoms with van der Waals surface area (Å²) in [5.41, 5.74) is 0. The third-order valence-corrected chi connectivity index (χ3v) is 15.6. The fourth-order valence-electron chi connectivity index (χ4n) is 10.3. The lowest BCUT2D eigenvalue weighted by Gasteiger charge is -2.18. The molecule has 0 aromatic heterocycles. The van der Waals surface area contributed by atoms with E-state index in [1.807, 2.05) is 6.08 Å². The van der Waals surface area contributed by atoms with Gasteiger partial charge in [0, 0.05) is 19.3 Å². The zero-order valence-electron chi connectivity index (χ0n) is 54.9. The average molecular weight is 1160 g/mol. The first-order valence-electron chi connectivity index (χ1n) is 35.7. The van der Waals surface area contributed by atoms with Crippen molar-refractivity contribution in [3.05, 3.63) is 97.2 Å². The van der Waals surface area contributed by atoms with Crippen LogP contribution in [0.25, 0.3) is 0 Å². The van der Waals surface area contributed by atoms with Crippen molar-refractivity contribution in [1.29, 1.82) is 0 Å². The zero-order chi connectivity index (χ0) is 59.9. The van der Waals surface area contributed by atoms with Gasteiger partial charge in [-0.3, -0.25) is 14.4 Å². The average Bonchev–Trinajstić information content (AvgIpc) is 3.49. The molecule has 1 unspecified atom stereocenters. The highest BCUT2D eigenvalue weighted by atomic mass is 16.6. The van der Waals surface area contributed by atoms with Crippen LogP contribution in [-0.4, -0.2) is 37.2 Å². The molecular weight excluding hydrogens is 1020 g/mol. The van der Waals surface area contributed by atoms with E-state index in [4.69, 9.17) is 14.2 Å². The molecule has 6 nitrogen and oxygen atoms in total. The lowest BCUT2D eigenvalue weighted by molar-refractivity contribution is -0.166. The lowest BCUT2D eigenvalue weighted by atomic mass is 10.0. The molecular formula is C77H134O6. The summed E-state index contributed by atoms with van der Waals surface area (Å²) in [4.78, 5) is 38.3. The molecule has 0 fully saturated rings. The van der Waals surface area contributed by atoms with Gasteiger partial charge in [-0.1, -0.05) is 349 Å². The van der Waals surface area contributed by atoms with Crippen LogP contribution in [0.2, 0.25) is 0 Å². The van der Waals surface area contributed by atoms with Gasteiger partial charge >= 0.3 is 17.9 Å². The van der Waals surface area contributed by atoms with E-state index in [1.165, 1.54) is 205 Å². The second kappa shape index (κ2) is 70.8. The Morgan fingerprint density at radius 3 is 0.807 bits per heavy atom. The number of hydrogen-bond donors (Lipinski definition) is 0. The highest BCUT2D eigenvalue weighted by Gasteiger charge is 2.19. The molecule has 0 aromatic carbocycles. The highest BCUT2D eigenvalue weighted by molar-refractivity contribution is 5.71. The second-order valence-corrected chi connectivity index (χ2v) is 23.7. The Kier molecular flexibility index (Phi) is 67.7. The van der Waals surface area contributed by atoms with Crippen molar-refractivity contribution in [3.8, 4) is 0 Å². The Labute approximate surface area is 515 Å². The molecule has 0 saturated carbocycles. The van der Waals surface area contributed by atoms with Gasteiger partial charge in [0.25, 0.3) is 0 Å². The van der Waals surface area contributed by atoms with Gasteiger partial charge in [0.1, 0.15) is 13.2 Å².